The molecule has 0 amide bonds. The van der Waals surface area contributed by atoms with Crippen molar-refractivity contribution in [3.05, 3.63) is 53.1 Å². The van der Waals surface area contributed by atoms with Gasteiger partial charge in [-0.25, -0.2) is 9.97 Å². The molecule has 2 N–H and O–H groups in total. The Hall–Kier alpha value is -2.97. The van der Waals surface area contributed by atoms with Crippen LogP contribution in [0, 0.1) is 4.77 Å². The quantitative estimate of drug-likeness (QED) is 0.464. The first-order valence-electron chi connectivity index (χ1n) is 10.8. The van der Waals surface area contributed by atoms with Crippen LogP contribution in [-0.4, -0.2) is 57.6 Å². The van der Waals surface area contributed by atoms with E-state index < -0.39 is 0 Å². The first-order valence-corrected chi connectivity index (χ1v) is 11.2. The second kappa shape index (κ2) is 8.28. The van der Waals surface area contributed by atoms with E-state index in [2.05, 4.69) is 85.0 Å². The third-order valence-corrected chi connectivity index (χ3v) is 6.41. The monoisotopic (exact) mass is 433 g/mol. The summed E-state index contributed by atoms with van der Waals surface area (Å²) in [4.78, 5) is 17.1. The maximum Gasteiger partial charge on any atom is 0.178 e. The van der Waals surface area contributed by atoms with E-state index >= 15 is 0 Å². The number of piperazine rings is 1. The predicted octanol–water partition coefficient (Wildman–Crippen LogP) is 4.03. The van der Waals surface area contributed by atoms with Crippen molar-refractivity contribution >= 4 is 45.7 Å². The Morgan fingerprint density at radius 1 is 1.10 bits per heavy atom. The van der Waals surface area contributed by atoms with Crippen molar-refractivity contribution in [1.82, 2.24) is 24.4 Å². The average Bonchev–Trinajstić information content (AvgIpc) is 3.10. The van der Waals surface area contributed by atoms with Crippen molar-refractivity contribution in [2.45, 2.75) is 20.0 Å². The van der Waals surface area contributed by atoms with E-state index in [1.165, 1.54) is 11.3 Å². The van der Waals surface area contributed by atoms with Gasteiger partial charge in [-0.05, 0) is 56.0 Å². The third-order valence-electron chi connectivity index (χ3n) is 6.09. The summed E-state index contributed by atoms with van der Waals surface area (Å²) in [6.07, 6.45) is 1.62. The number of fused-ring (bicyclic) bond motifs is 2. The molecule has 2 aromatic carbocycles. The highest BCUT2D eigenvalue weighted by Gasteiger charge is 2.14. The summed E-state index contributed by atoms with van der Waals surface area (Å²) in [5.74, 6) is 0.834. The van der Waals surface area contributed by atoms with E-state index in [4.69, 9.17) is 12.2 Å². The number of rotatable bonds is 5. The standard InChI is InChI=1S/C23H27N7S/c1-3-30-21-13-19-18(12-20(21)27-23(30)31)22(26-15-25-19)24-14-16-5-4-6-17(11-16)29-9-7-28(2)8-10-29/h4-6,11-13,15H,3,7-10,14H2,1-2H3,(H,27,31)(H,24,25,26). The Labute approximate surface area is 186 Å². The Kier molecular flexibility index (Phi) is 5.33. The Morgan fingerprint density at radius 2 is 1.94 bits per heavy atom. The molecule has 0 saturated carbocycles. The van der Waals surface area contributed by atoms with Gasteiger partial charge >= 0.3 is 0 Å². The summed E-state index contributed by atoms with van der Waals surface area (Å²) < 4.78 is 2.82. The first kappa shape index (κ1) is 20.0. The fourth-order valence-corrected chi connectivity index (χ4v) is 4.61. The number of hydrogen-bond acceptors (Lipinski definition) is 6. The Bertz CT molecular complexity index is 1280. The molecule has 0 spiro atoms. The molecule has 2 aromatic heterocycles. The number of likely N-dealkylation sites (N-methyl/N-ethyl adjacent to an activating group) is 1. The van der Waals surface area contributed by atoms with Crippen LogP contribution in [0.1, 0.15) is 12.5 Å². The molecule has 1 aliphatic heterocycles. The third kappa shape index (κ3) is 3.88. The molecule has 1 saturated heterocycles. The van der Waals surface area contributed by atoms with Crippen LogP contribution in [0.2, 0.25) is 0 Å². The molecule has 31 heavy (non-hydrogen) atoms. The molecule has 0 bridgehead atoms. The zero-order valence-corrected chi connectivity index (χ0v) is 18.7. The van der Waals surface area contributed by atoms with E-state index in [1.807, 2.05) is 0 Å². The fourth-order valence-electron chi connectivity index (χ4n) is 4.28. The minimum absolute atomic E-state index is 0.706. The molecule has 7 nitrogen and oxygen atoms in total. The fraction of sp³-hybridized carbons (Fsp3) is 0.348. The van der Waals surface area contributed by atoms with E-state index in [9.17, 15) is 0 Å². The lowest BCUT2D eigenvalue weighted by atomic mass is 10.1. The number of benzene rings is 2. The molecule has 5 rings (SSSR count). The van der Waals surface area contributed by atoms with E-state index in [0.29, 0.717) is 6.54 Å². The average molecular weight is 434 g/mol. The van der Waals surface area contributed by atoms with Crippen molar-refractivity contribution in [1.29, 1.82) is 0 Å². The minimum Gasteiger partial charge on any atom is -0.369 e. The summed E-state index contributed by atoms with van der Waals surface area (Å²) in [5.41, 5.74) is 5.52. The molecule has 4 aromatic rings. The number of H-pyrrole nitrogens is 1. The normalized spacial score (nSPS) is 15.1. The second-order valence-electron chi connectivity index (χ2n) is 8.10. The SMILES string of the molecule is CCn1c(=S)[nH]c2cc3c(NCc4cccc(N5CCN(C)CC5)c4)ncnc3cc21. The molecule has 1 aliphatic rings. The molecule has 160 valence electrons. The van der Waals surface area contributed by atoms with E-state index in [-0.39, 0.29) is 0 Å². The molecule has 0 radical (unpaired) electrons. The predicted molar refractivity (Wildman–Crippen MR) is 129 cm³/mol. The maximum absolute atomic E-state index is 5.46. The zero-order valence-electron chi connectivity index (χ0n) is 17.9. The van der Waals surface area contributed by atoms with Gasteiger partial charge in [0.15, 0.2) is 4.77 Å². The van der Waals surface area contributed by atoms with Crippen LogP contribution in [0.25, 0.3) is 21.9 Å². The van der Waals surface area contributed by atoms with Gasteiger partial charge in [0.1, 0.15) is 12.1 Å². The maximum atomic E-state index is 5.46. The first-order chi connectivity index (χ1) is 15.1. The van der Waals surface area contributed by atoms with Gasteiger partial charge in [0.05, 0.1) is 16.6 Å². The van der Waals surface area contributed by atoms with Gasteiger partial charge in [0, 0.05) is 50.3 Å². The van der Waals surface area contributed by atoms with Crippen molar-refractivity contribution < 1.29 is 0 Å². The molecular weight excluding hydrogens is 406 g/mol. The highest BCUT2D eigenvalue weighted by Crippen LogP contribution is 2.26. The van der Waals surface area contributed by atoms with Crippen LogP contribution in [0.4, 0.5) is 11.5 Å². The molecule has 1 fully saturated rings. The zero-order chi connectivity index (χ0) is 21.4. The molecule has 0 atom stereocenters. The smallest absolute Gasteiger partial charge is 0.178 e. The van der Waals surface area contributed by atoms with Gasteiger partial charge in [-0.2, -0.15) is 0 Å². The van der Waals surface area contributed by atoms with E-state index in [0.717, 1.165) is 65.2 Å². The van der Waals surface area contributed by atoms with Gasteiger partial charge in [-0.15, -0.1) is 0 Å². The Morgan fingerprint density at radius 3 is 2.74 bits per heavy atom. The molecule has 0 unspecified atom stereocenters. The number of hydrogen-bond donors (Lipinski definition) is 2. The highest BCUT2D eigenvalue weighted by molar-refractivity contribution is 7.71. The minimum atomic E-state index is 0.706. The largest absolute Gasteiger partial charge is 0.369 e. The van der Waals surface area contributed by atoms with Crippen molar-refractivity contribution in [3.63, 3.8) is 0 Å². The second-order valence-corrected chi connectivity index (χ2v) is 8.48. The van der Waals surface area contributed by atoms with Crippen LogP contribution in [-0.2, 0) is 13.1 Å². The number of aryl methyl sites for hydroxylation is 1. The lowest BCUT2D eigenvalue weighted by Gasteiger charge is -2.34. The molecular formula is C23H27N7S. The number of imidazole rings is 1. The molecule has 0 aliphatic carbocycles. The summed E-state index contributed by atoms with van der Waals surface area (Å²) in [5, 5.41) is 4.51. The van der Waals surface area contributed by atoms with Crippen LogP contribution in [0.5, 0.6) is 0 Å². The van der Waals surface area contributed by atoms with Gasteiger partial charge in [-0.1, -0.05) is 12.1 Å². The lowest BCUT2D eigenvalue weighted by molar-refractivity contribution is 0.313. The summed E-state index contributed by atoms with van der Waals surface area (Å²) in [7, 11) is 2.18. The summed E-state index contributed by atoms with van der Waals surface area (Å²) in [6, 6.07) is 13.0. The number of aromatic amines is 1. The van der Waals surface area contributed by atoms with Crippen molar-refractivity contribution in [2.75, 3.05) is 43.4 Å². The number of anilines is 2. The molecule has 8 heteroatoms. The number of nitrogens with one attached hydrogen (secondary N) is 2. The Balaban J connectivity index is 1.40. The number of nitrogens with zero attached hydrogens (tertiary/aromatic N) is 5. The van der Waals surface area contributed by atoms with Crippen LogP contribution < -0.4 is 10.2 Å². The summed E-state index contributed by atoms with van der Waals surface area (Å²) >= 11 is 5.46. The van der Waals surface area contributed by atoms with Gasteiger partial charge in [-0.3, -0.25) is 0 Å². The van der Waals surface area contributed by atoms with Crippen molar-refractivity contribution in [2.24, 2.45) is 0 Å². The van der Waals surface area contributed by atoms with Gasteiger partial charge in [0.2, 0.25) is 0 Å². The van der Waals surface area contributed by atoms with Crippen LogP contribution in [0.3, 0.4) is 0 Å². The van der Waals surface area contributed by atoms with Gasteiger partial charge in [0.25, 0.3) is 0 Å². The summed E-state index contributed by atoms with van der Waals surface area (Å²) in [6.45, 7) is 7.97. The number of aromatic nitrogens is 4. The van der Waals surface area contributed by atoms with Crippen molar-refractivity contribution in [3.8, 4) is 0 Å². The lowest BCUT2D eigenvalue weighted by Crippen LogP contribution is -2.44. The molecule has 3 heterocycles. The van der Waals surface area contributed by atoms with E-state index in [1.54, 1.807) is 6.33 Å². The van der Waals surface area contributed by atoms with Crippen LogP contribution >= 0.6 is 12.2 Å². The van der Waals surface area contributed by atoms with Crippen LogP contribution in [0.15, 0.2) is 42.7 Å². The van der Waals surface area contributed by atoms with Gasteiger partial charge < -0.3 is 24.7 Å². The topological polar surface area (TPSA) is 65.0 Å². The highest BCUT2D eigenvalue weighted by atomic mass is 32.1.